The van der Waals surface area contributed by atoms with Gasteiger partial charge in [0.1, 0.15) is 11.9 Å². The molecule has 2 bridgehead atoms. The second-order valence-electron chi connectivity index (χ2n) is 14.2. The fourth-order valence-corrected chi connectivity index (χ4v) is 10.2. The van der Waals surface area contributed by atoms with Gasteiger partial charge in [-0.3, -0.25) is 9.59 Å². The van der Waals surface area contributed by atoms with Gasteiger partial charge in [-0.15, -0.1) is 18.3 Å². The second-order valence-corrected chi connectivity index (χ2v) is 15.5. The van der Waals surface area contributed by atoms with E-state index in [1.807, 2.05) is 6.08 Å². The van der Waals surface area contributed by atoms with Crippen molar-refractivity contribution in [2.75, 3.05) is 5.75 Å². The molecule has 0 aromatic rings. The highest BCUT2D eigenvalue weighted by Crippen LogP contribution is 2.68. The molecule has 4 unspecified atom stereocenters. The number of esters is 1. The minimum atomic E-state index is -0.627. The average Bonchev–Trinajstić information content (AvgIpc) is 3.11. The first-order valence-electron chi connectivity index (χ1n) is 15.8. The Kier molecular flexibility index (Phi) is 9.71. The van der Waals surface area contributed by atoms with Crippen molar-refractivity contribution in [1.29, 1.82) is 0 Å². The number of carbonyl (C=O) groups excluding carboxylic acids is 2. The van der Waals surface area contributed by atoms with Crippen LogP contribution in [0, 0.1) is 34.0 Å². The van der Waals surface area contributed by atoms with Crippen LogP contribution in [0.1, 0.15) is 112 Å². The maximum atomic E-state index is 13.6. The number of carbonyl (C=O) groups is 2. The van der Waals surface area contributed by atoms with E-state index in [2.05, 4.69) is 53.4 Å². The molecule has 0 aromatic carbocycles. The number of ketones is 1. The minimum Gasteiger partial charge on any atom is -0.461 e. The van der Waals surface area contributed by atoms with Crippen molar-refractivity contribution in [2.45, 2.75) is 142 Å². The van der Waals surface area contributed by atoms with Crippen LogP contribution in [0.15, 0.2) is 12.7 Å². The van der Waals surface area contributed by atoms with Gasteiger partial charge in [0.25, 0.3) is 0 Å². The number of rotatable bonds is 8. The number of nitrogens with one attached hydrogen (secondary N) is 1. The summed E-state index contributed by atoms with van der Waals surface area (Å²) in [7, 11) is 0. The molecule has 222 valence electrons. The molecule has 11 atom stereocenters. The molecule has 39 heavy (non-hydrogen) atoms. The van der Waals surface area contributed by atoms with Gasteiger partial charge in [-0.2, -0.15) is 0 Å². The molecular formula is C33H55NO4S. The summed E-state index contributed by atoms with van der Waals surface area (Å²) < 4.78 is 6.46. The monoisotopic (exact) mass is 561 g/mol. The standard InChI is InChI=1S/C33H55NO4S/c1-8-22(4)34-24-12-10-11-13-25(18-24)39-20-28(36)38-27-19-31(6,9-2)30(37)23(5)33-16-14-21(3)32(27,7)29(33)26(35)15-17-33/h9,21-25,27,29-30,34,37H,2,8,10-20H2,1,3-7H3/t21-,22?,23+,24?,25?,27-,29+,30+,31-,32+,33?/m1/s1. The predicted octanol–water partition coefficient (Wildman–Crippen LogP) is 6.72. The van der Waals surface area contributed by atoms with Crippen LogP contribution < -0.4 is 5.32 Å². The third-order valence-electron chi connectivity index (χ3n) is 12.0. The van der Waals surface area contributed by atoms with Crippen LogP contribution in [-0.4, -0.2) is 52.2 Å². The Balaban J connectivity index is 1.54. The third kappa shape index (κ3) is 5.78. The Hall–Kier alpha value is -0.850. The zero-order valence-corrected chi connectivity index (χ0v) is 26.3. The van der Waals surface area contributed by atoms with Crippen LogP contribution in [0.2, 0.25) is 0 Å². The number of aliphatic hydroxyl groups excluding tert-OH is 1. The van der Waals surface area contributed by atoms with Gasteiger partial charge in [0.15, 0.2) is 0 Å². The number of ether oxygens (including phenoxy) is 1. The van der Waals surface area contributed by atoms with Gasteiger partial charge in [-0.05, 0) is 75.5 Å². The van der Waals surface area contributed by atoms with Crippen LogP contribution >= 0.6 is 11.8 Å². The van der Waals surface area contributed by atoms with E-state index in [9.17, 15) is 14.7 Å². The first-order valence-corrected chi connectivity index (χ1v) is 16.9. The molecule has 5 nitrogen and oxygen atoms in total. The van der Waals surface area contributed by atoms with E-state index in [0.717, 1.165) is 38.5 Å². The maximum Gasteiger partial charge on any atom is 0.316 e. The van der Waals surface area contributed by atoms with Crippen molar-refractivity contribution in [3.63, 3.8) is 0 Å². The van der Waals surface area contributed by atoms with Gasteiger partial charge < -0.3 is 15.2 Å². The van der Waals surface area contributed by atoms with Crippen LogP contribution in [0.4, 0.5) is 0 Å². The lowest BCUT2D eigenvalue weighted by Gasteiger charge is -2.61. The minimum absolute atomic E-state index is 0.0109. The Labute approximate surface area is 242 Å². The van der Waals surface area contributed by atoms with Crippen molar-refractivity contribution in [3.05, 3.63) is 12.7 Å². The van der Waals surface area contributed by atoms with E-state index in [0.29, 0.717) is 41.7 Å². The quantitative estimate of drug-likeness (QED) is 0.195. The number of Topliss-reactive ketones (excluding diaryl/α,β-unsaturated/α-hetero) is 1. The van der Waals surface area contributed by atoms with E-state index in [-0.39, 0.29) is 29.1 Å². The lowest BCUT2D eigenvalue weighted by molar-refractivity contribution is -0.205. The summed E-state index contributed by atoms with van der Waals surface area (Å²) in [5, 5.41) is 16.0. The van der Waals surface area contributed by atoms with Crippen LogP contribution in [0.5, 0.6) is 0 Å². The molecule has 2 N–H and O–H groups in total. The third-order valence-corrected chi connectivity index (χ3v) is 13.3. The molecule has 0 saturated heterocycles. The van der Waals surface area contributed by atoms with E-state index in [4.69, 9.17) is 4.74 Å². The van der Waals surface area contributed by atoms with Gasteiger partial charge in [-0.1, -0.05) is 53.5 Å². The summed E-state index contributed by atoms with van der Waals surface area (Å²) >= 11 is 1.75. The van der Waals surface area contributed by atoms with Crippen molar-refractivity contribution >= 4 is 23.5 Å². The highest BCUT2D eigenvalue weighted by molar-refractivity contribution is 8.00. The lowest BCUT2D eigenvalue weighted by atomic mass is 9.44. The van der Waals surface area contributed by atoms with E-state index in [1.165, 1.54) is 19.3 Å². The number of hydrogen-bond donors (Lipinski definition) is 2. The molecule has 4 fully saturated rings. The summed E-state index contributed by atoms with van der Waals surface area (Å²) in [6.07, 6.45) is 11.7. The molecule has 0 aromatic heterocycles. The lowest BCUT2D eigenvalue weighted by Crippen LogP contribution is -2.63. The number of aliphatic hydroxyl groups is 1. The summed E-state index contributed by atoms with van der Waals surface area (Å²) in [6, 6.07) is 1.03. The number of hydrogen-bond acceptors (Lipinski definition) is 6. The van der Waals surface area contributed by atoms with E-state index in [1.54, 1.807) is 11.8 Å². The van der Waals surface area contributed by atoms with Crippen LogP contribution in [-0.2, 0) is 14.3 Å². The van der Waals surface area contributed by atoms with Crippen molar-refractivity contribution in [3.8, 4) is 0 Å². The topological polar surface area (TPSA) is 75.6 Å². The highest BCUT2D eigenvalue weighted by Gasteiger charge is 2.68. The van der Waals surface area contributed by atoms with Crippen molar-refractivity contribution in [1.82, 2.24) is 5.32 Å². The fraction of sp³-hybridized carbons (Fsp3) is 0.879. The summed E-state index contributed by atoms with van der Waals surface area (Å²) in [5.74, 6) is 0.545. The Morgan fingerprint density at radius 1 is 1.23 bits per heavy atom. The predicted molar refractivity (Wildman–Crippen MR) is 161 cm³/mol. The smallest absolute Gasteiger partial charge is 0.316 e. The Morgan fingerprint density at radius 3 is 2.64 bits per heavy atom. The zero-order valence-electron chi connectivity index (χ0n) is 25.5. The van der Waals surface area contributed by atoms with Crippen molar-refractivity contribution in [2.24, 2.45) is 34.0 Å². The average molecular weight is 562 g/mol. The summed E-state index contributed by atoms with van der Waals surface area (Å²) in [6.45, 7) is 17.3. The zero-order chi connectivity index (χ0) is 28.6. The normalized spacial score (nSPS) is 45.4. The first kappa shape index (κ1) is 31.1. The second kappa shape index (κ2) is 12.2. The number of thioether (sulfide) groups is 1. The van der Waals surface area contributed by atoms with Crippen molar-refractivity contribution < 1.29 is 19.4 Å². The molecular weight excluding hydrogens is 506 g/mol. The maximum absolute atomic E-state index is 13.6. The van der Waals surface area contributed by atoms with E-state index >= 15 is 0 Å². The Bertz CT molecular complexity index is 910. The van der Waals surface area contributed by atoms with Gasteiger partial charge in [0.2, 0.25) is 0 Å². The largest absolute Gasteiger partial charge is 0.461 e. The molecule has 4 aliphatic carbocycles. The van der Waals surface area contributed by atoms with E-state index < -0.39 is 23.0 Å². The van der Waals surface area contributed by atoms with Crippen LogP contribution in [0.3, 0.4) is 0 Å². The van der Waals surface area contributed by atoms with Gasteiger partial charge in [0, 0.05) is 40.5 Å². The molecule has 4 rings (SSSR count). The SMILES string of the molecule is C=C[C@]1(C)C[C@@H](OC(=O)CSC2CCCCC(NC(C)CC)C2)[C@]2(C)[C@H](C)CCC3(CCC(=O)[C@H]32)[C@@H](C)[C@@H]1O. The fourth-order valence-electron chi connectivity index (χ4n) is 9.02. The van der Waals surface area contributed by atoms with Gasteiger partial charge >= 0.3 is 5.97 Å². The first-order chi connectivity index (χ1) is 18.4. The van der Waals surface area contributed by atoms with Crippen LogP contribution in [0.25, 0.3) is 0 Å². The highest BCUT2D eigenvalue weighted by atomic mass is 32.2. The van der Waals surface area contributed by atoms with Gasteiger partial charge in [0.05, 0.1) is 11.9 Å². The molecule has 0 spiro atoms. The molecule has 4 aliphatic rings. The molecule has 0 heterocycles. The molecule has 6 heteroatoms. The molecule has 4 saturated carbocycles. The molecule has 0 radical (unpaired) electrons. The molecule has 0 amide bonds. The van der Waals surface area contributed by atoms with Gasteiger partial charge in [-0.25, -0.2) is 0 Å². The summed E-state index contributed by atoms with van der Waals surface area (Å²) in [5.41, 5.74) is -1.27. The molecule has 0 aliphatic heterocycles. The Morgan fingerprint density at radius 2 is 1.95 bits per heavy atom. The summed E-state index contributed by atoms with van der Waals surface area (Å²) in [4.78, 5) is 27.1.